The Morgan fingerprint density at radius 2 is 1.40 bits per heavy atom. The van der Waals surface area contributed by atoms with E-state index in [1.165, 1.54) is 0 Å². The molecule has 0 spiro atoms. The van der Waals surface area contributed by atoms with E-state index in [1.807, 2.05) is 0 Å². The smallest absolute Gasteiger partial charge is 0.427 e. The third-order valence-corrected chi connectivity index (χ3v) is 3.41. The molecule has 148 valence electrons. The van der Waals surface area contributed by atoms with Crippen LogP contribution < -0.4 is 0 Å². The van der Waals surface area contributed by atoms with Crippen LogP contribution in [-0.4, -0.2) is 30.7 Å². The molecule has 0 bridgehead atoms. The molecule has 0 aliphatic heterocycles. The zero-order valence-electron chi connectivity index (χ0n) is 14.1. The third-order valence-electron chi connectivity index (χ3n) is 3.41. The number of rotatable bonds is 11. The largest absolute Gasteiger partial charge is 0.509 e. The topological polar surface area (TPSA) is 35.5 Å². The van der Waals surface area contributed by atoms with Gasteiger partial charge in [-0.25, -0.2) is 4.79 Å². The highest BCUT2D eigenvalue weighted by atomic mass is 19.4. The zero-order chi connectivity index (χ0) is 19.5. The van der Waals surface area contributed by atoms with Crippen LogP contribution >= 0.6 is 0 Å². The summed E-state index contributed by atoms with van der Waals surface area (Å²) in [6.07, 6.45) is -10.5. The Kier molecular flexibility index (Phi) is 10.6. The summed E-state index contributed by atoms with van der Waals surface area (Å²) in [4.78, 5) is 11.2. The van der Waals surface area contributed by atoms with Gasteiger partial charge in [0.25, 0.3) is 6.10 Å². The van der Waals surface area contributed by atoms with Gasteiger partial charge in [0.05, 0.1) is 0 Å². The van der Waals surface area contributed by atoms with Crippen LogP contribution in [0.3, 0.4) is 0 Å². The normalized spacial score (nSPS) is 13.6. The number of unbranched alkanes of at least 4 members (excludes halogenated alkanes) is 6. The number of ether oxygens (including phenoxy) is 2. The molecule has 0 aromatic rings. The van der Waals surface area contributed by atoms with Gasteiger partial charge in [-0.15, -0.1) is 0 Å². The predicted octanol–water partition coefficient (Wildman–Crippen LogP) is 6.33. The Hall–Kier alpha value is -1.41. The predicted molar refractivity (Wildman–Crippen MR) is 80.1 cm³/mol. The molecule has 0 aromatic heterocycles. The fraction of sp³-hybridized carbons (Fsp3) is 0.812. The van der Waals surface area contributed by atoms with E-state index in [9.17, 15) is 31.1 Å². The van der Waals surface area contributed by atoms with Gasteiger partial charge in [-0.1, -0.05) is 58.1 Å². The molecule has 0 aliphatic rings. The summed E-state index contributed by atoms with van der Waals surface area (Å²) in [6, 6.07) is 0. The number of alkyl halides is 6. The number of hydrogen-bond acceptors (Lipinski definition) is 3. The summed E-state index contributed by atoms with van der Waals surface area (Å²) in [6.45, 7) is 5.44. The molecular weight excluding hydrogens is 354 g/mol. The highest BCUT2D eigenvalue weighted by Crippen LogP contribution is 2.36. The molecule has 9 heteroatoms. The second-order valence-corrected chi connectivity index (χ2v) is 5.63. The molecule has 0 rings (SSSR count). The van der Waals surface area contributed by atoms with Crippen molar-refractivity contribution in [2.75, 3.05) is 0 Å². The Morgan fingerprint density at radius 3 is 1.84 bits per heavy atom. The van der Waals surface area contributed by atoms with E-state index in [4.69, 9.17) is 0 Å². The van der Waals surface area contributed by atoms with Gasteiger partial charge < -0.3 is 9.47 Å². The Morgan fingerprint density at radius 1 is 0.920 bits per heavy atom. The van der Waals surface area contributed by atoms with Crippen molar-refractivity contribution in [3.8, 4) is 0 Å². The fourth-order valence-corrected chi connectivity index (χ4v) is 2.09. The monoisotopic (exact) mass is 378 g/mol. The Balaban J connectivity index is 4.29. The molecule has 25 heavy (non-hydrogen) atoms. The molecule has 0 fully saturated rings. The van der Waals surface area contributed by atoms with Crippen LogP contribution in [0, 0.1) is 0 Å². The van der Waals surface area contributed by atoms with Crippen LogP contribution in [0.2, 0.25) is 0 Å². The molecule has 0 heterocycles. The molecule has 1 atom stereocenters. The maximum Gasteiger partial charge on any atom is 0.509 e. The standard InChI is InChI=1S/C16H24F6O3/c1-3-5-6-7-8-9-10-11-12(4-2)24-14(23)25-13(15(17,18)19)16(20,21)22/h4,12-13H,2-3,5-11H2,1H3. The minimum Gasteiger partial charge on any atom is -0.427 e. The Bertz CT molecular complexity index is 378. The maximum atomic E-state index is 12.3. The van der Waals surface area contributed by atoms with Gasteiger partial charge in [0.2, 0.25) is 0 Å². The molecule has 1 unspecified atom stereocenters. The van der Waals surface area contributed by atoms with Crippen molar-refractivity contribution < 1.29 is 40.6 Å². The summed E-state index contributed by atoms with van der Waals surface area (Å²) < 4.78 is 81.7. The summed E-state index contributed by atoms with van der Waals surface area (Å²) in [5, 5.41) is 0. The quantitative estimate of drug-likeness (QED) is 0.182. The summed E-state index contributed by atoms with van der Waals surface area (Å²) in [5.41, 5.74) is 0. The second-order valence-electron chi connectivity index (χ2n) is 5.63. The van der Waals surface area contributed by atoms with Crippen LogP contribution in [0.25, 0.3) is 0 Å². The van der Waals surface area contributed by atoms with Gasteiger partial charge >= 0.3 is 18.5 Å². The van der Waals surface area contributed by atoms with Crippen LogP contribution in [0.1, 0.15) is 58.3 Å². The van der Waals surface area contributed by atoms with Crippen LogP contribution in [0.5, 0.6) is 0 Å². The molecule has 0 radical (unpaired) electrons. The molecule has 0 saturated heterocycles. The molecule has 0 saturated carbocycles. The highest BCUT2D eigenvalue weighted by molar-refractivity contribution is 5.60. The lowest BCUT2D eigenvalue weighted by Gasteiger charge is -2.23. The minimum atomic E-state index is -5.76. The van der Waals surface area contributed by atoms with Crippen molar-refractivity contribution in [3.63, 3.8) is 0 Å². The molecule has 0 aliphatic carbocycles. The average Bonchev–Trinajstić information content (AvgIpc) is 2.48. The fourth-order valence-electron chi connectivity index (χ4n) is 2.09. The molecular formula is C16H24F6O3. The van der Waals surface area contributed by atoms with Crippen LogP contribution in [-0.2, 0) is 9.47 Å². The first-order valence-electron chi connectivity index (χ1n) is 8.15. The molecule has 0 aromatic carbocycles. The van der Waals surface area contributed by atoms with E-state index in [0.29, 0.717) is 6.42 Å². The average molecular weight is 378 g/mol. The van der Waals surface area contributed by atoms with Crippen molar-refractivity contribution >= 4 is 6.16 Å². The van der Waals surface area contributed by atoms with E-state index in [1.54, 1.807) is 0 Å². The van der Waals surface area contributed by atoms with Gasteiger partial charge in [-0.2, -0.15) is 26.3 Å². The molecule has 0 amide bonds. The van der Waals surface area contributed by atoms with Gasteiger partial charge in [0.15, 0.2) is 0 Å². The molecule has 3 nitrogen and oxygen atoms in total. The number of carbonyl (C=O) groups excluding carboxylic acids is 1. The maximum absolute atomic E-state index is 12.3. The number of hydrogen-bond donors (Lipinski definition) is 0. The first-order valence-corrected chi connectivity index (χ1v) is 8.15. The van der Waals surface area contributed by atoms with E-state index < -0.39 is 30.7 Å². The van der Waals surface area contributed by atoms with Crippen LogP contribution in [0.15, 0.2) is 12.7 Å². The van der Waals surface area contributed by atoms with Gasteiger partial charge in [-0.05, 0) is 12.8 Å². The van der Waals surface area contributed by atoms with Gasteiger partial charge in [0, 0.05) is 0 Å². The number of carbonyl (C=O) groups is 1. The van der Waals surface area contributed by atoms with Crippen LogP contribution in [0.4, 0.5) is 31.1 Å². The minimum absolute atomic E-state index is 0.259. The molecule has 0 N–H and O–H groups in total. The second kappa shape index (κ2) is 11.3. The summed E-state index contributed by atoms with van der Waals surface area (Å²) in [7, 11) is 0. The van der Waals surface area contributed by atoms with Crippen molar-refractivity contribution in [1.82, 2.24) is 0 Å². The third kappa shape index (κ3) is 10.9. The lowest BCUT2D eigenvalue weighted by molar-refractivity contribution is -0.310. The first kappa shape index (κ1) is 23.6. The van der Waals surface area contributed by atoms with E-state index in [2.05, 4.69) is 23.0 Å². The highest BCUT2D eigenvalue weighted by Gasteiger charge is 2.60. The van der Waals surface area contributed by atoms with Crippen molar-refractivity contribution in [1.29, 1.82) is 0 Å². The van der Waals surface area contributed by atoms with E-state index >= 15 is 0 Å². The lowest BCUT2D eigenvalue weighted by atomic mass is 10.1. The van der Waals surface area contributed by atoms with Gasteiger partial charge in [0.1, 0.15) is 6.10 Å². The summed E-state index contributed by atoms with van der Waals surface area (Å²) >= 11 is 0. The van der Waals surface area contributed by atoms with E-state index in [-0.39, 0.29) is 6.42 Å². The van der Waals surface area contributed by atoms with Crippen molar-refractivity contribution in [3.05, 3.63) is 12.7 Å². The SMILES string of the molecule is C=CC(CCCCCCCCC)OC(=O)OC(C(F)(F)F)C(F)(F)F. The number of halogens is 6. The zero-order valence-corrected chi connectivity index (χ0v) is 14.1. The Labute approximate surface area is 143 Å². The van der Waals surface area contributed by atoms with Crippen molar-refractivity contribution in [2.24, 2.45) is 0 Å². The van der Waals surface area contributed by atoms with E-state index in [0.717, 1.165) is 44.6 Å². The van der Waals surface area contributed by atoms with Gasteiger partial charge in [-0.3, -0.25) is 0 Å². The van der Waals surface area contributed by atoms with Crippen molar-refractivity contribution in [2.45, 2.75) is 82.9 Å². The lowest BCUT2D eigenvalue weighted by Crippen LogP contribution is -2.46. The first-order chi connectivity index (χ1) is 11.5. The summed E-state index contributed by atoms with van der Waals surface area (Å²) in [5.74, 6) is 0.